The Morgan fingerprint density at radius 1 is 1.35 bits per heavy atom. The van der Waals surface area contributed by atoms with Gasteiger partial charge in [0.1, 0.15) is 6.04 Å². The average Bonchev–Trinajstić information content (AvgIpc) is 2.95. The first-order valence-electron chi connectivity index (χ1n) is 6.43. The molecule has 0 aromatic heterocycles. The Balaban J connectivity index is 1.99. The Kier molecular flexibility index (Phi) is 3.99. The van der Waals surface area contributed by atoms with E-state index in [0.717, 1.165) is 25.7 Å². The maximum Gasteiger partial charge on any atom is 0.245 e. The second kappa shape index (κ2) is 5.49. The van der Waals surface area contributed by atoms with Crippen LogP contribution in [-0.4, -0.2) is 47.1 Å². The number of hydrogen-bond acceptors (Lipinski definition) is 3. The quantitative estimate of drug-likeness (QED) is 0.728. The van der Waals surface area contributed by atoms with E-state index in [1.807, 2.05) is 0 Å². The van der Waals surface area contributed by atoms with Gasteiger partial charge in [-0.3, -0.25) is 9.59 Å². The Morgan fingerprint density at radius 2 is 2.06 bits per heavy atom. The number of aliphatic hydroxyl groups is 1. The van der Waals surface area contributed by atoms with Crippen molar-refractivity contribution < 1.29 is 14.7 Å². The van der Waals surface area contributed by atoms with Crippen LogP contribution in [0.3, 0.4) is 0 Å². The van der Waals surface area contributed by atoms with Gasteiger partial charge in [-0.2, -0.15) is 0 Å². The fourth-order valence-corrected chi connectivity index (χ4v) is 2.80. The van der Waals surface area contributed by atoms with E-state index < -0.39 is 0 Å². The summed E-state index contributed by atoms with van der Waals surface area (Å²) in [6, 6.07) is -0.109. The molecule has 96 valence electrons. The number of hydrogen-bond donors (Lipinski definition) is 2. The maximum atomic E-state index is 12.3. The minimum absolute atomic E-state index is 0.0110. The first kappa shape index (κ1) is 12.4. The van der Waals surface area contributed by atoms with Gasteiger partial charge in [0, 0.05) is 19.0 Å². The highest BCUT2D eigenvalue weighted by Gasteiger charge is 2.34. The van der Waals surface area contributed by atoms with E-state index in [-0.39, 0.29) is 30.5 Å². The molecule has 2 fully saturated rings. The number of carbonyl (C=O) groups excluding carboxylic acids is 2. The van der Waals surface area contributed by atoms with Crippen molar-refractivity contribution in [2.45, 2.75) is 50.6 Å². The number of nitrogens with one attached hydrogen (secondary N) is 1. The Labute approximate surface area is 101 Å². The van der Waals surface area contributed by atoms with Crippen LogP contribution in [0, 0.1) is 0 Å². The van der Waals surface area contributed by atoms with Crippen LogP contribution in [0.4, 0.5) is 0 Å². The molecule has 2 N–H and O–H groups in total. The number of rotatable bonds is 4. The van der Waals surface area contributed by atoms with Crippen LogP contribution in [0.1, 0.15) is 38.5 Å². The zero-order valence-electron chi connectivity index (χ0n) is 10.0. The molecule has 1 aliphatic heterocycles. The van der Waals surface area contributed by atoms with Crippen LogP contribution >= 0.6 is 0 Å². The van der Waals surface area contributed by atoms with Gasteiger partial charge in [0.05, 0.1) is 6.61 Å². The monoisotopic (exact) mass is 240 g/mol. The van der Waals surface area contributed by atoms with Gasteiger partial charge >= 0.3 is 0 Å². The lowest BCUT2D eigenvalue weighted by Crippen LogP contribution is -2.49. The minimum atomic E-state index is -0.366. The maximum absolute atomic E-state index is 12.3. The number of amides is 2. The highest BCUT2D eigenvalue weighted by Crippen LogP contribution is 2.24. The van der Waals surface area contributed by atoms with Crippen molar-refractivity contribution in [2.75, 3.05) is 13.2 Å². The molecular weight excluding hydrogens is 220 g/mol. The lowest BCUT2D eigenvalue weighted by atomic mass is 10.1. The molecular formula is C12H20N2O3. The summed E-state index contributed by atoms with van der Waals surface area (Å²) in [5, 5.41) is 11.8. The van der Waals surface area contributed by atoms with Crippen LogP contribution in [0.5, 0.6) is 0 Å². The zero-order valence-corrected chi connectivity index (χ0v) is 10.0. The number of carbonyl (C=O) groups is 2. The molecule has 0 spiro atoms. The summed E-state index contributed by atoms with van der Waals surface area (Å²) < 4.78 is 0. The van der Waals surface area contributed by atoms with Crippen LogP contribution in [-0.2, 0) is 9.59 Å². The molecule has 5 nitrogen and oxygen atoms in total. The molecule has 0 radical (unpaired) electrons. The highest BCUT2D eigenvalue weighted by atomic mass is 16.3. The molecule has 0 aromatic rings. The molecule has 0 bridgehead atoms. The zero-order chi connectivity index (χ0) is 12.3. The van der Waals surface area contributed by atoms with Crippen LogP contribution in [0.25, 0.3) is 0 Å². The fraction of sp³-hybridized carbons (Fsp3) is 0.833. The summed E-state index contributed by atoms with van der Waals surface area (Å²) in [5.74, 6) is -0.0597. The van der Waals surface area contributed by atoms with Gasteiger partial charge in [-0.15, -0.1) is 0 Å². The molecule has 2 amide bonds. The van der Waals surface area contributed by atoms with Crippen LogP contribution in [0.2, 0.25) is 0 Å². The van der Waals surface area contributed by atoms with E-state index in [4.69, 9.17) is 5.11 Å². The molecule has 2 aliphatic rings. The van der Waals surface area contributed by atoms with E-state index in [1.54, 1.807) is 4.90 Å². The molecule has 5 heteroatoms. The summed E-state index contributed by atoms with van der Waals surface area (Å²) in [4.78, 5) is 25.2. The van der Waals surface area contributed by atoms with Crippen molar-refractivity contribution in [2.24, 2.45) is 0 Å². The summed E-state index contributed by atoms with van der Waals surface area (Å²) >= 11 is 0. The first-order valence-corrected chi connectivity index (χ1v) is 6.43. The van der Waals surface area contributed by atoms with Crippen molar-refractivity contribution >= 4 is 11.8 Å². The Hall–Kier alpha value is -1.10. The smallest absolute Gasteiger partial charge is 0.245 e. The van der Waals surface area contributed by atoms with Crippen molar-refractivity contribution in [1.82, 2.24) is 10.2 Å². The second-order valence-corrected chi connectivity index (χ2v) is 4.85. The van der Waals surface area contributed by atoms with Gasteiger partial charge < -0.3 is 15.3 Å². The van der Waals surface area contributed by atoms with Crippen LogP contribution < -0.4 is 5.32 Å². The van der Waals surface area contributed by atoms with Gasteiger partial charge in [0.2, 0.25) is 11.8 Å². The lowest BCUT2D eigenvalue weighted by molar-refractivity contribution is -0.137. The molecule has 1 heterocycles. The van der Waals surface area contributed by atoms with Gasteiger partial charge in [-0.1, -0.05) is 12.8 Å². The van der Waals surface area contributed by atoms with Crippen molar-refractivity contribution in [3.05, 3.63) is 0 Å². The standard InChI is InChI=1S/C12H20N2O3/c15-8-7-14(9-3-1-2-4-9)12(17)10-5-6-11(16)13-10/h9-10,15H,1-8H2,(H,13,16)/t10-/m0/s1. The highest BCUT2D eigenvalue weighted by molar-refractivity contribution is 5.91. The third-order valence-electron chi connectivity index (χ3n) is 3.68. The Morgan fingerprint density at radius 3 is 2.59 bits per heavy atom. The third kappa shape index (κ3) is 2.77. The van der Waals surface area contributed by atoms with E-state index in [1.165, 1.54) is 0 Å². The summed E-state index contributed by atoms with van der Waals surface area (Å²) in [6.07, 6.45) is 5.37. The SMILES string of the molecule is O=C1CC[C@@H](C(=O)N(CCO)C2CCCC2)N1. The van der Waals surface area contributed by atoms with E-state index >= 15 is 0 Å². The summed E-state index contributed by atoms with van der Waals surface area (Å²) in [5.41, 5.74) is 0. The molecule has 17 heavy (non-hydrogen) atoms. The third-order valence-corrected chi connectivity index (χ3v) is 3.68. The van der Waals surface area contributed by atoms with Gasteiger partial charge in [0.25, 0.3) is 0 Å². The minimum Gasteiger partial charge on any atom is -0.395 e. The normalized spacial score (nSPS) is 25.0. The van der Waals surface area contributed by atoms with Crippen molar-refractivity contribution in [3.8, 4) is 0 Å². The van der Waals surface area contributed by atoms with Crippen molar-refractivity contribution in [1.29, 1.82) is 0 Å². The van der Waals surface area contributed by atoms with Gasteiger partial charge in [0.15, 0.2) is 0 Å². The first-order chi connectivity index (χ1) is 8.22. The topological polar surface area (TPSA) is 69.6 Å². The predicted molar refractivity (Wildman–Crippen MR) is 62.2 cm³/mol. The number of aliphatic hydroxyl groups excluding tert-OH is 1. The van der Waals surface area contributed by atoms with Crippen LogP contribution in [0.15, 0.2) is 0 Å². The molecule has 1 saturated heterocycles. The predicted octanol–water partition coefficient (Wildman–Crippen LogP) is 0.0285. The van der Waals surface area contributed by atoms with E-state index in [9.17, 15) is 9.59 Å². The summed E-state index contributed by atoms with van der Waals surface area (Å²) in [6.45, 7) is 0.374. The largest absolute Gasteiger partial charge is 0.395 e. The molecule has 1 atom stereocenters. The lowest BCUT2D eigenvalue weighted by Gasteiger charge is -2.30. The van der Waals surface area contributed by atoms with Gasteiger partial charge in [-0.25, -0.2) is 0 Å². The fourth-order valence-electron chi connectivity index (χ4n) is 2.80. The summed E-state index contributed by atoms with van der Waals surface area (Å²) in [7, 11) is 0. The second-order valence-electron chi connectivity index (χ2n) is 4.85. The van der Waals surface area contributed by atoms with E-state index in [2.05, 4.69) is 5.32 Å². The van der Waals surface area contributed by atoms with E-state index in [0.29, 0.717) is 19.4 Å². The molecule has 2 rings (SSSR count). The molecule has 0 aromatic carbocycles. The van der Waals surface area contributed by atoms with Gasteiger partial charge in [-0.05, 0) is 19.3 Å². The Bertz CT molecular complexity index is 300. The van der Waals surface area contributed by atoms with Crippen molar-refractivity contribution in [3.63, 3.8) is 0 Å². The number of nitrogens with zero attached hydrogens (tertiary/aromatic N) is 1. The molecule has 1 saturated carbocycles. The molecule has 0 unspecified atom stereocenters. The average molecular weight is 240 g/mol. The molecule has 1 aliphatic carbocycles.